The number of piperidine rings is 1. The number of ether oxygens (including phenoxy) is 3. The highest BCUT2D eigenvalue weighted by molar-refractivity contribution is 6.01. The van der Waals surface area contributed by atoms with E-state index in [0.29, 0.717) is 31.8 Å². The summed E-state index contributed by atoms with van der Waals surface area (Å²) in [6, 6.07) is 20.7. The number of benzene rings is 4. The van der Waals surface area contributed by atoms with Crippen molar-refractivity contribution in [2.75, 3.05) is 40.0 Å². The number of aryl methyl sites for hydroxylation is 2. The van der Waals surface area contributed by atoms with Gasteiger partial charge in [-0.15, -0.1) is 0 Å². The lowest BCUT2D eigenvalue weighted by molar-refractivity contribution is -0.136. The van der Waals surface area contributed by atoms with Gasteiger partial charge in [0.05, 0.1) is 24.8 Å². The van der Waals surface area contributed by atoms with Crippen LogP contribution in [-0.2, 0) is 22.6 Å². The number of likely N-dealkylation sites (tertiary alicyclic amines) is 1. The van der Waals surface area contributed by atoms with E-state index >= 15 is 0 Å². The van der Waals surface area contributed by atoms with Crippen molar-refractivity contribution in [1.29, 1.82) is 0 Å². The zero-order valence-corrected chi connectivity index (χ0v) is 27.5. The first-order valence-corrected chi connectivity index (χ1v) is 16.1. The van der Waals surface area contributed by atoms with Crippen molar-refractivity contribution in [1.82, 2.24) is 4.90 Å². The van der Waals surface area contributed by atoms with Crippen LogP contribution >= 0.6 is 0 Å². The predicted molar refractivity (Wildman–Crippen MR) is 183 cm³/mol. The first-order valence-electron chi connectivity index (χ1n) is 16.1. The summed E-state index contributed by atoms with van der Waals surface area (Å²) in [4.78, 5) is 24.3. The van der Waals surface area contributed by atoms with Gasteiger partial charge in [-0.2, -0.15) is 0 Å². The molecule has 8 nitrogen and oxygen atoms in total. The summed E-state index contributed by atoms with van der Waals surface area (Å²) in [5, 5.41) is 11.3. The molecule has 3 N–H and O–H groups in total. The lowest BCUT2D eigenvalue weighted by atomic mass is 9.92. The van der Waals surface area contributed by atoms with Crippen LogP contribution in [0.25, 0.3) is 21.9 Å². The number of nitrogens with zero attached hydrogens (tertiary/aromatic N) is 1. The van der Waals surface area contributed by atoms with E-state index in [1.54, 1.807) is 20.1 Å². The molecular weight excluding hydrogens is 599 g/mol. The fourth-order valence-electron chi connectivity index (χ4n) is 5.95. The molecule has 1 aliphatic heterocycles. The van der Waals surface area contributed by atoms with Crippen molar-refractivity contribution in [2.45, 2.75) is 52.6 Å². The third kappa shape index (κ3) is 9.53. The first-order chi connectivity index (χ1) is 22.7. The Bertz CT molecular complexity index is 1650. The molecule has 0 bridgehead atoms. The second-order valence-electron chi connectivity index (χ2n) is 11.6. The molecule has 4 aromatic carbocycles. The van der Waals surface area contributed by atoms with Gasteiger partial charge in [0.25, 0.3) is 5.91 Å². The number of primary amides is 1. The quantitative estimate of drug-likeness (QED) is 0.159. The lowest BCUT2D eigenvalue weighted by Crippen LogP contribution is -2.33. The summed E-state index contributed by atoms with van der Waals surface area (Å²) < 4.78 is 30.8. The zero-order valence-electron chi connectivity index (χ0n) is 27.5. The van der Waals surface area contributed by atoms with Gasteiger partial charge in [-0.1, -0.05) is 55.0 Å². The van der Waals surface area contributed by atoms with Crippen molar-refractivity contribution in [3.8, 4) is 22.6 Å². The van der Waals surface area contributed by atoms with Crippen molar-refractivity contribution in [2.24, 2.45) is 5.73 Å². The van der Waals surface area contributed by atoms with Crippen LogP contribution in [0.3, 0.4) is 0 Å². The first kappa shape index (κ1) is 35.4. The molecule has 0 spiro atoms. The predicted octanol–water partition coefficient (Wildman–Crippen LogP) is 7.17. The highest BCUT2D eigenvalue weighted by atomic mass is 19.1. The Morgan fingerprint density at radius 3 is 2.32 bits per heavy atom. The van der Waals surface area contributed by atoms with Crippen LogP contribution in [0.5, 0.6) is 11.5 Å². The number of rotatable bonds is 13. The van der Waals surface area contributed by atoms with E-state index < -0.39 is 17.7 Å². The number of fused-ring (bicyclic) bond motifs is 1. The molecule has 1 saturated heterocycles. The molecule has 5 rings (SSSR count). The summed E-state index contributed by atoms with van der Waals surface area (Å²) in [5.74, 6) is -0.551. The van der Waals surface area contributed by atoms with E-state index in [-0.39, 0.29) is 12.0 Å². The molecule has 1 fully saturated rings. The number of aliphatic carboxylic acids is 1. The lowest BCUT2D eigenvalue weighted by Gasteiger charge is -2.26. The number of nitrogens with two attached hydrogens (primary N) is 1. The Hall–Kier alpha value is -4.47. The molecule has 1 amide bonds. The van der Waals surface area contributed by atoms with E-state index in [1.165, 1.54) is 31.4 Å². The molecule has 4 aromatic rings. The van der Waals surface area contributed by atoms with Gasteiger partial charge in [0.1, 0.15) is 23.9 Å². The summed E-state index contributed by atoms with van der Waals surface area (Å²) >= 11 is 0. The molecule has 1 aliphatic rings. The van der Waals surface area contributed by atoms with Gasteiger partial charge in [-0.3, -0.25) is 14.5 Å². The van der Waals surface area contributed by atoms with Gasteiger partial charge in [-0.05, 0) is 97.4 Å². The monoisotopic (exact) mass is 644 g/mol. The second kappa shape index (κ2) is 17.4. The van der Waals surface area contributed by atoms with Crippen molar-refractivity contribution >= 4 is 22.6 Å². The van der Waals surface area contributed by atoms with Gasteiger partial charge in [-0.25, -0.2) is 4.39 Å². The Balaban J connectivity index is 0.000000385. The normalized spacial score (nSPS) is 13.1. The van der Waals surface area contributed by atoms with Gasteiger partial charge in [0.2, 0.25) is 0 Å². The molecule has 0 unspecified atom stereocenters. The van der Waals surface area contributed by atoms with Crippen LogP contribution in [0.2, 0.25) is 0 Å². The smallest absolute Gasteiger partial charge is 0.303 e. The van der Waals surface area contributed by atoms with Crippen LogP contribution < -0.4 is 15.2 Å². The van der Waals surface area contributed by atoms with Crippen molar-refractivity contribution < 1.29 is 33.3 Å². The maximum absolute atomic E-state index is 12.8. The van der Waals surface area contributed by atoms with Crippen LogP contribution in [0, 0.1) is 12.7 Å². The molecule has 250 valence electrons. The fourth-order valence-corrected chi connectivity index (χ4v) is 5.95. The molecule has 9 heteroatoms. The Labute approximate surface area is 276 Å². The molecular formula is C38H45FN2O6. The molecule has 0 radical (unpaired) electrons. The number of carbonyl (C=O) groups is 2. The minimum Gasteiger partial charge on any atom is -0.496 e. The van der Waals surface area contributed by atoms with E-state index in [1.807, 2.05) is 31.2 Å². The van der Waals surface area contributed by atoms with Crippen LogP contribution in [0.1, 0.15) is 59.7 Å². The average molecular weight is 645 g/mol. The van der Waals surface area contributed by atoms with E-state index in [4.69, 9.17) is 19.9 Å². The standard InChI is InChI=1S/C30H37NO5.C8H8FNO/c1-3-35-21-22-19-27(34-2)30(28(20-22)36-18-17-31-15-5-4-6-16-31)26-12-8-10-24-23(13-14-29(32)33)9-7-11-25(24)26;1-5-3-2-4-6(9)7(5)8(10)11/h7-12,19-20H,3-6,13-18,21H2,1-2H3,(H,32,33);2-4H,1H3,(H2,10,11). The van der Waals surface area contributed by atoms with E-state index in [2.05, 4.69) is 29.2 Å². The number of halogens is 1. The number of carbonyl (C=O) groups excluding carboxylic acids is 1. The van der Waals surface area contributed by atoms with Crippen LogP contribution in [0.15, 0.2) is 66.7 Å². The topological polar surface area (TPSA) is 111 Å². The highest BCUT2D eigenvalue weighted by Crippen LogP contribution is 2.43. The van der Waals surface area contributed by atoms with E-state index in [0.717, 1.165) is 64.2 Å². The Morgan fingerprint density at radius 2 is 1.66 bits per heavy atom. The number of carboxylic acids is 1. The van der Waals surface area contributed by atoms with E-state index in [9.17, 15) is 19.1 Å². The summed E-state index contributed by atoms with van der Waals surface area (Å²) in [7, 11) is 1.68. The highest BCUT2D eigenvalue weighted by Gasteiger charge is 2.19. The number of hydrogen-bond acceptors (Lipinski definition) is 6. The van der Waals surface area contributed by atoms with Gasteiger partial charge >= 0.3 is 5.97 Å². The average Bonchev–Trinajstić information content (AvgIpc) is 3.06. The summed E-state index contributed by atoms with van der Waals surface area (Å²) in [5.41, 5.74) is 9.44. The summed E-state index contributed by atoms with van der Waals surface area (Å²) in [6.45, 7) is 8.51. The number of amides is 1. The maximum atomic E-state index is 12.8. The van der Waals surface area contributed by atoms with Gasteiger partial charge in [0, 0.05) is 19.6 Å². The molecule has 0 aliphatic carbocycles. The van der Waals surface area contributed by atoms with Crippen LogP contribution in [0.4, 0.5) is 4.39 Å². The summed E-state index contributed by atoms with van der Waals surface area (Å²) in [6.07, 6.45) is 4.41. The minimum atomic E-state index is -0.792. The number of carboxylic acid groups (broad SMARTS) is 1. The molecule has 0 saturated carbocycles. The van der Waals surface area contributed by atoms with Gasteiger partial charge < -0.3 is 25.1 Å². The number of methoxy groups -OCH3 is 1. The largest absolute Gasteiger partial charge is 0.496 e. The molecule has 0 atom stereocenters. The second-order valence-corrected chi connectivity index (χ2v) is 11.6. The zero-order chi connectivity index (χ0) is 33.8. The SMILES string of the molecule is CCOCc1cc(OC)c(-c2cccc3c(CCC(=O)O)cccc23)c(OCCN2CCCCC2)c1.Cc1cccc(F)c1C(N)=O. The minimum absolute atomic E-state index is 0.0208. The Kier molecular flexibility index (Phi) is 13.1. The number of hydrogen-bond donors (Lipinski definition) is 2. The molecule has 0 aromatic heterocycles. The molecule has 1 heterocycles. The van der Waals surface area contributed by atoms with Gasteiger partial charge in [0.15, 0.2) is 0 Å². The molecule has 47 heavy (non-hydrogen) atoms. The third-order valence-corrected chi connectivity index (χ3v) is 8.29. The van der Waals surface area contributed by atoms with Crippen molar-refractivity contribution in [3.05, 3.63) is 94.8 Å². The Morgan fingerprint density at radius 1 is 0.957 bits per heavy atom. The van der Waals surface area contributed by atoms with Crippen LogP contribution in [-0.4, -0.2) is 61.8 Å². The fraction of sp³-hybridized carbons (Fsp3) is 0.368. The maximum Gasteiger partial charge on any atom is 0.303 e. The van der Waals surface area contributed by atoms with Crippen molar-refractivity contribution in [3.63, 3.8) is 0 Å². The third-order valence-electron chi connectivity index (χ3n) is 8.29.